The highest BCUT2D eigenvalue weighted by atomic mass is 32.2. The van der Waals surface area contributed by atoms with E-state index in [1.807, 2.05) is 0 Å². The molecule has 2 unspecified atom stereocenters. The summed E-state index contributed by atoms with van der Waals surface area (Å²) in [7, 11) is 0.331. The third kappa shape index (κ3) is 1.78. The fraction of sp³-hybridized carbons (Fsp3) is 0.500. The lowest BCUT2D eigenvalue weighted by Gasteiger charge is -2.29. The van der Waals surface area contributed by atoms with E-state index in [2.05, 4.69) is 58.9 Å². The second-order valence-corrected chi connectivity index (χ2v) is 7.98. The van der Waals surface area contributed by atoms with Crippen LogP contribution in [0.15, 0.2) is 34.8 Å². The molecule has 1 heterocycles. The molecule has 2 atom stereocenters. The van der Waals surface area contributed by atoms with Gasteiger partial charge in [0.15, 0.2) is 0 Å². The summed E-state index contributed by atoms with van der Waals surface area (Å²) in [5, 5.41) is 0.689. The van der Waals surface area contributed by atoms with E-state index in [-0.39, 0.29) is 0 Å². The summed E-state index contributed by atoms with van der Waals surface area (Å²) in [6.45, 7) is 11.6. The topological polar surface area (TPSA) is 0 Å². The normalized spacial score (nSPS) is 28.9. The lowest BCUT2D eigenvalue weighted by atomic mass is 9.91. The van der Waals surface area contributed by atoms with Crippen LogP contribution >= 0.6 is 10.5 Å². The van der Waals surface area contributed by atoms with E-state index in [1.165, 1.54) is 5.57 Å². The van der Waals surface area contributed by atoms with Gasteiger partial charge in [0.1, 0.15) is 0 Å². The minimum absolute atomic E-state index is 0.331. The van der Waals surface area contributed by atoms with Crippen LogP contribution in [-0.4, -0.2) is 10.1 Å². The van der Waals surface area contributed by atoms with Gasteiger partial charge in [0, 0.05) is 10.2 Å². The van der Waals surface area contributed by atoms with Crippen LogP contribution in [0.4, 0.5) is 0 Å². The summed E-state index contributed by atoms with van der Waals surface area (Å²) in [6.07, 6.45) is 9.21. The molecule has 2 aliphatic rings. The smallest absolute Gasteiger partial charge is 0.0278 e. The van der Waals surface area contributed by atoms with Gasteiger partial charge in [-0.3, -0.25) is 0 Å². The zero-order chi connectivity index (χ0) is 11.2. The summed E-state index contributed by atoms with van der Waals surface area (Å²) >= 11 is 0. The van der Waals surface area contributed by atoms with E-state index >= 15 is 0 Å². The Hall–Kier alpha value is -0.560. The van der Waals surface area contributed by atoms with Crippen molar-refractivity contribution >= 4 is 15.3 Å². The molecule has 0 amide bonds. The first-order valence-electron chi connectivity index (χ1n) is 5.55. The Kier molecular flexibility index (Phi) is 2.54. The summed E-state index contributed by atoms with van der Waals surface area (Å²) in [6, 6.07) is 0. The molecule has 0 aromatic rings. The van der Waals surface area contributed by atoms with Gasteiger partial charge < -0.3 is 0 Å². The van der Waals surface area contributed by atoms with Crippen molar-refractivity contribution in [1.82, 2.24) is 0 Å². The third-order valence-electron chi connectivity index (χ3n) is 2.92. The van der Waals surface area contributed by atoms with Crippen molar-refractivity contribution in [2.45, 2.75) is 39.9 Å². The molecule has 0 radical (unpaired) electrons. The van der Waals surface area contributed by atoms with Crippen LogP contribution in [0.2, 0.25) is 0 Å². The average Bonchev–Trinajstić information content (AvgIpc) is 2.56. The number of hydrogen-bond donors (Lipinski definition) is 0. The molecule has 2 rings (SSSR count). The average molecular weight is 220 g/mol. The Morgan fingerprint density at radius 3 is 2.47 bits per heavy atom. The molecule has 0 saturated heterocycles. The van der Waals surface area contributed by atoms with Crippen LogP contribution in [0, 0.1) is 5.41 Å². The number of allylic oxidation sites excluding steroid dienone is 4. The molecule has 1 aliphatic heterocycles. The Labute approximate surface area is 95.7 Å². The van der Waals surface area contributed by atoms with Crippen molar-refractivity contribution in [3.8, 4) is 0 Å². The van der Waals surface area contributed by atoms with Gasteiger partial charge in [-0.25, -0.2) is 0 Å². The van der Waals surface area contributed by atoms with Crippen molar-refractivity contribution in [3.63, 3.8) is 0 Å². The molecule has 15 heavy (non-hydrogen) atoms. The second-order valence-electron chi connectivity index (χ2n) is 5.54. The van der Waals surface area contributed by atoms with Crippen molar-refractivity contribution in [2.75, 3.05) is 0 Å². The molecule has 0 fully saturated rings. The molecule has 0 saturated carbocycles. The van der Waals surface area contributed by atoms with Crippen LogP contribution in [0.25, 0.3) is 0 Å². The SMILES string of the molecule is CC(C)=S1C2=CC=CC2=CC1C(C)(C)C. The van der Waals surface area contributed by atoms with E-state index in [4.69, 9.17) is 0 Å². The standard InChI is InChI=1S/C14H20S/c1-10(2)15-12-8-6-7-11(12)9-13(15)14(3,4)5/h6-9,13H,1-5H3. The van der Waals surface area contributed by atoms with Gasteiger partial charge in [-0.2, -0.15) is 0 Å². The van der Waals surface area contributed by atoms with Gasteiger partial charge in [0.25, 0.3) is 0 Å². The zero-order valence-corrected chi connectivity index (χ0v) is 11.1. The molecule has 0 aromatic carbocycles. The predicted octanol–water partition coefficient (Wildman–Crippen LogP) is 4.28. The Balaban J connectivity index is 2.52. The Morgan fingerprint density at radius 1 is 1.27 bits per heavy atom. The molecular formula is C14H20S. The van der Waals surface area contributed by atoms with Crippen molar-refractivity contribution in [3.05, 3.63) is 34.8 Å². The third-order valence-corrected chi connectivity index (χ3v) is 6.00. The minimum Gasteiger partial charge on any atom is -0.148 e. The molecule has 82 valence electrons. The molecular weight excluding hydrogens is 200 g/mol. The van der Waals surface area contributed by atoms with Gasteiger partial charge in [0.05, 0.1) is 0 Å². The van der Waals surface area contributed by atoms with Crippen LogP contribution < -0.4 is 0 Å². The monoisotopic (exact) mass is 220 g/mol. The molecule has 1 aliphatic carbocycles. The maximum absolute atomic E-state index is 2.48. The number of hydrogen-bond acceptors (Lipinski definition) is 0. The molecule has 0 bridgehead atoms. The quantitative estimate of drug-likeness (QED) is 0.535. The highest BCUT2D eigenvalue weighted by molar-refractivity contribution is 8.20. The van der Waals surface area contributed by atoms with Crippen molar-refractivity contribution in [2.24, 2.45) is 5.41 Å². The minimum atomic E-state index is 0.331. The summed E-state index contributed by atoms with van der Waals surface area (Å²) in [5.74, 6) is 0. The highest BCUT2D eigenvalue weighted by Crippen LogP contribution is 2.52. The lowest BCUT2D eigenvalue weighted by Crippen LogP contribution is -2.21. The second kappa shape index (κ2) is 3.48. The maximum atomic E-state index is 2.48. The van der Waals surface area contributed by atoms with Gasteiger partial charge in [-0.15, -0.1) is 10.5 Å². The first-order valence-corrected chi connectivity index (χ1v) is 6.84. The van der Waals surface area contributed by atoms with Crippen molar-refractivity contribution < 1.29 is 0 Å². The molecule has 0 N–H and O–H groups in total. The molecule has 0 spiro atoms. The summed E-state index contributed by atoms with van der Waals surface area (Å²) < 4.78 is 0. The molecule has 0 aromatic heterocycles. The van der Waals surface area contributed by atoms with Crippen LogP contribution in [0.5, 0.6) is 0 Å². The van der Waals surface area contributed by atoms with Gasteiger partial charge in [-0.05, 0) is 35.8 Å². The number of rotatable bonds is 0. The molecule has 0 nitrogen and oxygen atoms in total. The van der Waals surface area contributed by atoms with E-state index in [0.29, 0.717) is 21.1 Å². The van der Waals surface area contributed by atoms with Crippen LogP contribution in [0.1, 0.15) is 34.6 Å². The largest absolute Gasteiger partial charge is 0.148 e. The summed E-state index contributed by atoms with van der Waals surface area (Å²) in [4.78, 5) is 3.13. The van der Waals surface area contributed by atoms with E-state index in [0.717, 1.165) is 0 Å². The van der Waals surface area contributed by atoms with Gasteiger partial charge >= 0.3 is 0 Å². The Bertz CT molecular complexity index is 407. The maximum Gasteiger partial charge on any atom is 0.0278 e. The lowest BCUT2D eigenvalue weighted by molar-refractivity contribution is 0.433. The fourth-order valence-electron chi connectivity index (χ4n) is 2.20. The van der Waals surface area contributed by atoms with Crippen LogP contribution in [0.3, 0.4) is 0 Å². The first kappa shape index (κ1) is 10.9. The predicted molar refractivity (Wildman–Crippen MR) is 72.5 cm³/mol. The van der Waals surface area contributed by atoms with E-state index in [9.17, 15) is 0 Å². The highest BCUT2D eigenvalue weighted by Gasteiger charge is 2.34. The summed E-state index contributed by atoms with van der Waals surface area (Å²) in [5.41, 5.74) is 1.84. The first-order chi connectivity index (χ1) is 6.91. The number of fused-ring (bicyclic) bond motifs is 1. The van der Waals surface area contributed by atoms with Gasteiger partial charge in [0.2, 0.25) is 0 Å². The van der Waals surface area contributed by atoms with Crippen molar-refractivity contribution in [1.29, 1.82) is 0 Å². The fourth-order valence-corrected chi connectivity index (χ4v) is 5.03. The Morgan fingerprint density at radius 2 is 1.93 bits per heavy atom. The van der Waals surface area contributed by atoms with Crippen LogP contribution in [-0.2, 0) is 0 Å². The van der Waals surface area contributed by atoms with Gasteiger partial charge in [-0.1, -0.05) is 39.0 Å². The van der Waals surface area contributed by atoms with E-state index in [1.54, 1.807) is 9.77 Å². The zero-order valence-electron chi connectivity index (χ0n) is 10.3. The molecule has 1 heteroatoms. The van der Waals surface area contributed by atoms with E-state index < -0.39 is 0 Å².